The summed E-state index contributed by atoms with van der Waals surface area (Å²) in [6.45, 7) is 22.3. The van der Waals surface area contributed by atoms with E-state index in [1.807, 2.05) is 47.6 Å². The van der Waals surface area contributed by atoms with E-state index in [-0.39, 0.29) is 29.1 Å². The second-order valence-electron chi connectivity index (χ2n) is 13.4. The van der Waals surface area contributed by atoms with Gasteiger partial charge in [-0.2, -0.15) is 0 Å². The van der Waals surface area contributed by atoms with Crippen LogP contribution in [0.2, 0.25) is 18.1 Å². The molecular formula is C27H48BrNO5SSi. The van der Waals surface area contributed by atoms with Crippen molar-refractivity contribution >= 4 is 40.1 Å². The van der Waals surface area contributed by atoms with Gasteiger partial charge in [0.05, 0.1) is 16.9 Å². The van der Waals surface area contributed by atoms with E-state index in [1.165, 1.54) is 0 Å². The average Bonchev–Trinajstić information content (AvgIpc) is 2.64. The smallest absolute Gasteiger partial charge is 0.316 e. The summed E-state index contributed by atoms with van der Waals surface area (Å²) in [7, 11) is -5.27. The minimum absolute atomic E-state index is 0.0300. The quantitative estimate of drug-likeness (QED) is 0.187. The van der Waals surface area contributed by atoms with E-state index < -0.39 is 34.6 Å². The van der Waals surface area contributed by atoms with Crippen molar-refractivity contribution < 1.29 is 22.4 Å². The van der Waals surface area contributed by atoms with Crippen LogP contribution in [-0.4, -0.2) is 51.4 Å². The van der Waals surface area contributed by atoms with Crippen LogP contribution in [0, 0.1) is 5.41 Å². The van der Waals surface area contributed by atoms with Crippen LogP contribution in [0.1, 0.15) is 87.1 Å². The van der Waals surface area contributed by atoms with Gasteiger partial charge in [-0.25, -0.2) is 8.42 Å². The number of halogens is 1. The van der Waals surface area contributed by atoms with Crippen molar-refractivity contribution in [2.24, 2.45) is 5.41 Å². The monoisotopic (exact) mass is 605 g/mol. The topological polar surface area (TPSA) is 82.6 Å². The highest BCUT2D eigenvalue weighted by atomic mass is 79.9. The molecular weight excluding hydrogens is 558 g/mol. The molecule has 0 aromatic carbocycles. The van der Waals surface area contributed by atoms with Crippen LogP contribution < -0.4 is 0 Å². The second kappa shape index (κ2) is 12.0. The largest absolute Gasteiger partial charge is 0.459 e. The Bertz CT molecular complexity index is 996. The third kappa shape index (κ3) is 10.5. The van der Waals surface area contributed by atoms with Gasteiger partial charge >= 0.3 is 5.97 Å². The van der Waals surface area contributed by atoms with E-state index in [4.69, 9.17) is 9.16 Å². The maximum absolute atomic E-state index is 13.3. The van der Waals surface area contributed by atoms with Gasteiger partial charge in [0.2, 0.25) is 0 Å². The van der Waals surface area contributed by atoms with E-state index in [1.54, 1.807) is 12.4 Å². The molecule has 0 saturated heterocycles. The van der Waals surface area contributed by atoms with E-state index in [0.29, 0.717) is 19.3 Å². The molecule has 0 aliphatic heterocycles. The van der Waals surface area contributed by atoms with E-state index in [2.05, 4.69) is 54.8 Å². The Morgan fingerprint density at radius 1 is 1.00 bits per heavy atom. The van der Waals surface area contributed by atoms with E-state index >= 15 is 0 Å². The molecule has 208 valence electrons. The van der Waals surface area contributed by atoms with Crippen molar-refractivity contribution in [1.29, 1.82) is 0 Å². The Hall–Kier alpha value is -0.773. The molecule has 1 heterocycles. The van der Waals surface area contributed by atoms with Gasteiger partial charge in [-0.3, -0.25) is 9.78 Å². The SMILES string of the molecule is CC(C)(CCCC(C)(C(=O)OC(C)(C)C)c1cncc(Br)c1)CS(=O)(=O)CCO[Si](C)(C)C(C)(C)C. The molecule has 0 radical (unpaired) electrons. The predicted octanol–water partition coefficient (Wildman–Crippen LogP) is 7.08. The first-order valence-electron chi connectivity index (χ1n) is 12.7. The van der Waals surface area contributed by atoms with Crippen molar-refractivity contribution in [2.45, 2.75) is 111 Å². The predicted molar refractivity (Wildman–Crippen MR) is 155 cm³/mol. The fourth-order valence-corrected chi connectivity index (χ4v) is 7.14. The van der Waals surface area contributed by atoms with Crippen molar-refractivity contribution in [3.8, 4) is 0 Å². The molecule has 0 aliphatic carbocycles. The average molecular weight is 607 g/mol. The van der Waals surface area contributed by atoms with Crippen LogP contribution in [0.4, 0.5) is 0 Å². The third-order valence-corrected chi connectivity index (χ3v) is 14.0. The molecule has 0 N–H and O–H groups in total. The summed E-state index contributed by atoms with van der Waals surface area (Å²) in [5, 5.41) is 0.0423. The zero-order chi connectivity index (χ0) is 28.2. The van der Waals surface area contributed by atoms with Crippen molar-refractivity contribution in [3.05, 3.63) is 28.5 Å². The first kappa shape index (κ1) is 33.3. The molecule has 0 amide bonds. The third-order valence-electron chi connectivity index (χ3n) is 7.00. The number of esters is 1. The molecule has 9 heteroatoms. The maximum Gasteiger partial charge on any atom is 0.316 e. The van der Waals surface area contributed by atoms with Crippen LogP contribution in [0.25, 0.3) is 0 Å². The number of rotatable bonds is 12. The number of sulfone groups is 1. The normalized spacial score (nSPS) is 15.4. The molecule has 1 aromatic rings. The number of carbonyl (C=O) groups is 1. The maximum atomic E-state index is 13.3. The van der Waals surface area contributed by atoms with Gasteiger partial charge in [-0.15, -0.1) is 0 Å². The summed E-state index contributed by atoms with van der Waals surface area (Å²) in [6, 6.07) is 1.90. The number of carbonyl (C=O) groups excluding carboxylic acids is 1. The summed E-state index contributed by atoms with van der Waals surface area (Å²) in [6.07, 6.45) is 5.24. The van der Waals surface area contributed by atoms with Gasteiger partial charge in [0, 0.05) is 23.5 Å². The van der Waals surface area contributed by atoms with Gasteiger partial charge in [-0.05, 0) is 91.6 Å². The Balaban J connectivity index is 2.87. The summed E-state index contributed by atoms with van der Waals surface area (Å²) in [5.41, 5.74) is -1.16. The lowest BCUT2D eigenvalue weighted by atomic mass is 9.76. The molecule has 0 aliphatic rings. The fourth-order valence-electron chi connectivity index (χ4n) is 3.77. The Morgan fingerprint density at radius 2 is 1.58 bits per heavy atom. The molecule has 6 nitrogen and oxygen atoms in total. The number of pyridine rings is 1. The zero-order valence-corrected chi connectivity index (χ0v) is 27.7. The van der Waals surface area contributed by atoms with E-state index in [9.17, 15) is 13.2 Å². The van der Waals surface area contributed by atoms with Crippen LogP contribution in [-0.2, 0) is 29.2 Å². The van der Waals surface area contributed by atoms with Gasteiger partial charge < -0.3 is 9.16 Å². The van der Waals surface area contributed by atoms with Gasteiger partial charge in [0.15, 0.2) is 18.2 Å². The lowest BCUT2D eigenvalue weighted by Gasteiger charge is -2.36. The molecule has 0 bridgehead atoms. The first-order chi connectivity index (χ1) is 16.0. The molecule has 1 rings (SSSR count). The highest BCUT2D eigenvalue weighted by Gasteiger charge is 2.40. The Morgan fingerprint density at radius 3 is 2.08 bits per heavy atom. The summed E-state index contributed by atoms with van der Waals surface area (Å²) in [5.74, 6) is -0.187. The van der Waals surface area contributed by atoms with Crippen LogP contribution in [0.5, 0.6) is 0 Å². The molecule has 1 unspecified atom stereocenters. The molecule has 0 saturated carbocycles. The molecule has 0 spiro atoms. The lowest BCUT2D eigenvalue weighted by Crippen LogP contribution is -2.42. The number of hydrogen-bond acceptors (Lipinski definition) is 6. The fraction of sp³-hybridized carbons (Fsp3) is 0.778. The number of aromatic nitrogens is 1. The Labute approximate surface area is 229 Å². The first-order valence-corrected chi connectivity index (χ1v) is 18.2. The molecule has 1 aromatic heterocycles. The van der Waals surface area contributed by atoms with Gasteiger partial charge in [-0.1, -0.05) is 41.0 Å². The minimum atomic E-state index is -3.28. The summed E-state index contributed by atoms with van der Waals surface area (Å²) >= 11 is 3.45. The lowest BCUT2D eigenvalue weighted by molar-refractivity contribution is -0.162. The van der Waals surface area contributed by atoms with Gasteiger partial charge in [0.1, 0.15) is 5.60 Å². The minimum Gasteiger partial charge on any atom is -0.459 e. The summed E-state index contributed by atoms with van der Waals surface area (Å²) < 4.78 is 38.5. The summed E-state index contributed by atoms with van der Waals surface area (Å²) in [4.78, 5) is 17.5. The highest BCUT2D eigenvalue weighted by molar-refractivity contribution is 9.10. The van der Waals surface area contributed by atoms with Crippen molar-refractivity contribution in [2.75, 3.05) is 18.1 Å². The number of ether oxygens (including phenoxy) is 1. The zero-order valence-electron chi connectivity index (χ0n) is 24.2. The second-order valence-corrected chi connectivity index (χ2v) is 21.4. The van der Waals surface area contributed by atoms with Crippen LogP contribution >= 0.6 is 15.9 Å². The highest BCUT2D eigenvalue weighted by Crippen LogP contribution is 2.37. The number of hydrogen-bond donors (Lipinski definition) is 0. The molecule has 1 atom stereocenters. The molecule has 36 heavy (non-hydrogen) atoms. The van der Waals surface area contributed by atoms with E-state index in [0.717, 1.165) is 10.0 Å². The van der Waals surface area contributed by atoms with Crippen LogP contribution in [0.3, 0.4) is 0 Å². The van der Waals surface area contributed by atoms with Crippen molar-refractivity contribution in [1.82, 2.24) is 4.98 Å². The number of nitrogens with zero attached hydrogens (tertiary/aromatic N) is 1. The van der Waals surface area contributed by atoms with Gasteiger partial charge in [0.25, 0.3) is 0 Å². The molecule has 0 fully saturated rings. The van der Waals surface area contributed by atoms with Crippen LogP contribution in [0.15, 0.2) is 22.9 Å². The Kier molecular flexibility index (Phi) is 11.0. The van der Waals surface area contributed by atoms with Crippen molar-refractivity contribution in [3.63, 3.8) is 0 Å². The standard InChI is InChI=1S/C27H48BrNO5SSi/c1-24(2,3)34-23(30)27(9,21-17-22(28)19-29-18-21)14-12-13-26(7,8)20-35(31,32)16-15-33-36(10,11)25(4,5)6/h17-19H,12-16,20H2,1-11H3.